The summed E-state index contributed by atoms with van der Waals surface area (Å²) < 4.78 is 2.13. The summed E-state index contributed by atoms with van der Waals surface area (Å²) in [6.07, 6.45) is 3.85. The molecule has 1 saturated heterocycles. The molecule has 8 nitrogen and oxygen atoms in total. The summed E-state index contributed by atoms with van der Waals surface area (Å²) in [5.41, 5.74) is 0.610. The molecule has 0 bridgehead atoms. The van der Waals surface area contributed by atoms with Gasteiger partial charge in [0, 0.05) is 46.3 Å². The van der Waals surface area contributed by atoms with Gasteiger partial charge in [-0.05, 0) is 39.1 Å². The third kappa shape index (κ3) is 4.27. The van der Waals surface area contributed by atoms with Crippen molar-refractivity contribution in [3.05, 3.63) is 35.5 Å². The Morgan fingerprint density at radius 3 is 2.63 bits per heavy atom. The highest BCUT2D eigenvalue weighted by atomic mass is 16.2. The van der Waals surface area contributed by atoms with Gasteiger partial charge in [0.05, 0.1) is 12.1 Å². The van der Waals surface area contributed by atoms with E-state index in [-0.39, 0.29) is 5.91 Å². The Hall–Kier alpha value is -2.48. The van der Waals surface area contributed by atoms with Crippen molar-refractivity contribution < 1.29 is 4.79 Å². The summed E-state index contributed by atoms with van der Waals surface area (Å²) in [4.78, 5) is 22.5. The van der Waals surface area contributed by atoms with Crippen LogP contribution < -0.4 is 4.90 Å². The highest BCUT2D eigenvalue weighted by molar-refractivity contribution is 5.93. The van der Waals surface area contributed by atoms with Gasteiger partial charge in [-0.3, -0.25) is 4.79 Å². The number of carbonyl (C=O) groups excluding carboxylic acids is 1. The summed E-state index contributed by atoms with van der Waals surface area (Å²) in [5, 5.41) is 8.84. The zero-order valence-corrected chi connectivity index (χ0v) is 16.9. The van der Waals surface area contributed by atoms with E-state index in [1.54, 1.807) is 25.2 Å². The second-order valence-electron chi connectivity index (χ2n) is 7.66. The zero-order chi connectivity index (χ0) is 19.6. The van der Waals surface area contributed by atoms with Crippen LogP contribution in [0.5, 0.6) is 0 Å². The summed E-state index contributed by atoms with van der Waals surface area (Å²) in [6, 6.07) is 3.79. The first-order valence-corrected chi connectivity index (χ1v) is 9.32. The second kappa shape index (κ2) is 8.04. The molecule has 1 atom stereocenters. The molecule has 146 valence electrons. The van der Waals surface area contributed by atoms with Crippen LogP contribution in [0.2, 0.25) is 0 Å². The average molecular weight is 371 g/mol. The number of rotatable bonds is 5. The predicted octanol–water partition coefficient (Wildman–Crippen LogP) is 1.36. The van der Waals surface area contributed by atoms with Crippen LogP contribution in [0.25, 0.3) is 0 Å². The molecule has 0 N–H and O–H groups in total. The Balaban J connectivity index is 1.73. The SMILES string of the molecule is CN(C)Cc1nnc([C@@H]2CCCN(c3ccc(C(=O)N(C)C)cn3)C2)n1C. The topological polar surface area (TPSA) is 70.4 Å². The fourth-order valence-corrected chi connectivity index (χ4v) is 3.51. The maximum Gasteiger partial charge on any atom is 0.254 e. The molecule has 3 rings (SSSR count). The van der Waals surface area contributed by atoms with Crippen molar-refractivity contribution in [2.45, 2.75) is 25.3 Å². The van der Waals surface area contributed by atoms with Crippen molar-refractivity contribution in [3.8, 4) is 0 Å². The molecule has 2 aromatic heterocycles. The summed E-state index contributed by atoms with van der Waals surface area (Å²) in [6.45, 7) is 2.61. The largest absolute Gasteiger partial charge is 0.356 e. The minimum absolute atomic E-state index is 0.0296. The average Bonchev–Trinajstić information content (AvgIpc) is 3.01. The molecule has 0 radical (unpaired) electrons. The van der Waals surface area contributed by atoms with Crippen molar-refractivity contribution in [1.82, 2.24) is 29.5 Å². The zero-order valence-electron chi connectivity index (χ0n) is 16.9. The molecule has 0 spiro atoms. The van der Waals surface area contributed by atoms with Crippen LogP contribution in [-0.2, 0) is 13.6 Å². The van der Waals surface area contributed by atoms with Crippen LogP contribution in [0.3, 0.4) is 0 Å². The predicted molar refractivity (Wildman–Crippen MR) is 105 cm³/mol. The van der Waals surface area contributed by atoms with Gasteiger partial charge in [0.15, 0.2) is 0 Å². The molecule has 1 fully saturated rings. The summed E-state index contributed by atoms with van der Waals surface area (Å²) in [5.74, 6) is 3.23. The lowest BCUT2D eigenvalue weighted by Gasteiger charge is -2.33. The van der Waals surface area contributed by atoms with Crippen molar-refractivity contribution in [2.24, 2.45) is 7.05 Å². The van der Waals surface area contributed by atoms with Crippen LogP contribution in [0.15, 0.2) is 18.3 Å². The van der Waals surface area contributed by atoms with Gasteiger partial charge < -0.3 is 19.3 Å². The molecule has 0 saturated carbocycles. The molecule has 1 aliphatic heterocycles. The van der Waals surface area contributed by atoms with Gasteiger partial charge >= 0.3 is 0 Å². The van der Waals surface area contributed by atoms with Crippen LogP contribution in [-0.4, -0.2) is 76.7 Å². The van der Waals surface area contributed by atoms with E-state index in [1.807, 2.05) is 33.3 Å². The number of pyridine rings is 1. The minimum Gasteiger partial charge on any atom is -0.356 e. The van der Waals surface area contributed by atoms with Crippen LogP contribution in [0.1, 0.15) is 40.8 Å². The number of aromatic nitrogens is 4. The van der Waals surface area contributed by atoms with Gasteiger partial charge in [0.25, 0.3) is 5.91 Å². The number of anilines is 1. The molecule has 0 unspecified atom stereocenters. The smallest absolute Gasteiger partial charge is 0.254 e. The van der Waals surface area contributed by atoms with Crippen molar-refractivity contribution in [3.63, 3.8) is 0 Å². The minimum atomic E-state index is -0.0296. The first kappa shape index (κ1) is 19.3. The molecule has 2 aromatic rings. The molecular formula is C19H29N7O. The molecule has 3 heterocycles. The lowest BCUT2D eigenvalue weighted by molar-refractivity contribution is 0.0827. The van der Waals surface area contributed by atoms with Crippen molar-refractivity contribution >= 4 is 11.7 Å². The van der Waals surface area contributed by atoms with Gasteiger partial charge in [-0.2, -0.15) is 0 Å². The van der Waals surface area contributed by atoms with E-state index >= 15 is 0 Å². The van der Waals surface area contributed by atoms with E-state index in [1.165, 1.54) is 0 Å². The number of carbonyl (C=O) groups is 1. The number of amides is 1. The fraction of sp³-hybridized carbons (Fsp3) is 0.579. The van der Waals surface area contributed by atoms with E-state index in [0.717, 1.165) is 49.9 Å². The van der Waals surface area contributed by atoms with E-state index in [0.29, 0.717) is 11.5 Å². The van der Waals surface area contributed by atoms with Crippen LogP contribution >= 0.6 is 0 Å². The van der Waals surface area contributed by atoms with Gasteiger partial charge in [0.2, 0.25) is 0 Å². The molecule has 1 amide bonds. The normalized spacial score (nSPS) is 17.4. The van der Waals surface area contributed by atoms with Crippen molar-refractivity contribution in [2.75, 3.05) is 46.2 Å². The molecule has 0 aromatic carbocycles. The first-order chi connectivity index (χ1) is 12.9. The molecular weight excluding hydrogens is 342 g/mol. The molecule has 27 heavy (non-hydrogen) atoms. The van der Waals surface area contributed by atoms with E-state index in [9.17, 15) is 4.79 Å². The van der Waals surface area contributed by atoms with Crippen LogP contribution in [0, 0.1) is 0 Å². The standard InChI is InChI=1S/C19H29N7O/c1-23(2)13-17-21-22-18(25(17)5)15-7-6-10-26(12-15)16-9-8-14(11-20-16)19(27)24(3)4/h8-9,11,15H,6-7,10,12-13H2,1-5H3/t15-/m1/s1. The van der Waals surface area contributed by atoms with Crippen molar-refractivity contribution in [1.29, 1.82) is 0 Å². The highest BCUT2D eigenvalue weighted by Gasteiger charge is 2.26. The fourth-order valence-electron chi connectivity index (χ4n) is 3.51. The lowest BCUT2D eigenvalue weighted by atomic mass is 9.97. The molecule has 8 heteroatoms. The lowest BCUT2D eigenvalue weighted by Crippen LogP contribution is -2.36. The highest BCUT2D eigenvalue weighted by Crippen LogP contribution is 2.28. The third-order valence-corrected chi connectivity index (χ3v) is 4.97. The maximum absolute atomic E-state index is 12.0. The third-order valence-electron chi connectivity index (χ3n) is 4.97. The molecule has 0 aliphatic carbocycles. The molecule has 1 aliphatic rings. The second-order valence-corrected chi connectivity index (χ2v) is 7.66. The summed E-state index contributed by atoms with van der Waals surface area (Å²) >= 11 is 0. The van der Waals surface area contributed by atoms with E-state index in [4.69, 9.17) is 0 Å². The number of piperidine rings is 1. The van der Waals surface area contributed by atoms with Gasteiger partial charge in [-0.1, -0.05) is 0 Å². The maximum atomic E-state index is 12.0. The summed E-state index contributed by atoms with van der Waals surface area (Å²) in [7, 11) is 9.61. The Labute approximate surface area is 160 Å². The number of hydrogen-bond acceptors (Lipinski definition) is 6. The van der Waals surface area contributed by atoms with Gasteiger partial charge in [-0.25, -0.2) is 4.98 Å². The number of hydrogen-bond donors (Lipinski definition) is 0. The van der Waals surface area contributed by atoms with E-state index < -0.39 is 0 Å². The Bertz CT molecular complexity index is 782. The Morgan fingerprint density at radius 2 is 2.00 bits per heavy atom. The Kier molecular flexibility index (Phi) is 5.74. The van der Waals surface area contributed by atoms with E-state index in [2.05, 4.69) is 29.5 Å². The van der Waals surface area contributed by atoms with Gasteiger partial charge in [-0.15, -0.1) is 10.2 Å². The Morgan fingerprint density at radius 1 is 1.22 bits per heavy atom. The monoisotopic (exact) mass is 371 g/mol. The first-order valence-electron chi connectivity index (χ1n) is 9.32. The van der Waals surface area contributed by atoms with Crippen LogP contribution in [0.4, 0.5) is 5.82 Å². The number of nitrogens with zero attached hydrogens (tertiary/aromatic N) is 7. The van der Waals surface area contributed by atoms with Gasteiger partial charge in [0.1, 0.15) is 17.5 Å². The quantitative estimate of drug-likeness (QED) is 0.790.